The summed E-state index contributed by atoms with van der Waals surface area (Å²) in [5.74, 6) is 1.34. The molecule has 0 aliphatic carbocycles. The van der Waals surface area contributed by atoms with Gasteiger partial charge in [-0.1, -0.05) is 30.3 Å². The van der Waals surface area contributed by atoms with Gasteiger partial charge in [0.15, 0.2) is 5.17 Å². The van der Waals surface area contributed by atoms with Gasteiger partial charge >= 0.3 is 0 Å². The molecule has 2 aromatic carbocycles. The van der Waals surface area contributed by atoms with Gasteiger partial charge in [-0.15, -0.1) is 12.4 Å². The smallest absolute Gasteiger partial charge is 0.286 e. The molecule has 0 radical (unpaired) electrons. The Morgan fingerprint density at radius 2 is 1.74 bits per heavy atom. The number of amides is 1. The summed E-state index contributed by atoms with van der Waals surface area (Å²) in [5.41, 5.74) is 0.943. The van der Waals surface area contributed by atoms with Crippen molar-refractivity contribution in [2.45, 2.75) is 25.4 Å². The molecule has 2 aromatic rings. The summed E-state index contributed by atoms with van der Waals surface area (Å²) in [4.78, 5) is 19.4. The molecule has 2 heterocycles. The Labute approximate surface area is 217 Å². The minimum Gasteiger partial charge on any atom is -0.492 e. The van der Waals surface area contributed by atoms with Crippen molar-refractivity contribution in [2.75, 3.05) is 39.4 Å². The Balaban J connectivity index is 0.00000342. The molecule has 0 spiro atoms. The number of aliphatic imine (C=N–C) groups is 1. The van der Waals surface area contributed by atoms with Gasteiger partial charge in [-0.05, 0) is 66.9 Å². The molecule has 2 aliphatic rings. The second-order valence-electron chi connectivity index (χ2n) is 8.26. The molecule has 0 unspecified atom stereocenters. The number of ether oxygens (including phenoxy) is 2. The van der Waals surface area contributed by atoms with E-state index in [0.717, 1.165) is 48.2 Å². The van der Waals surface area contributed by atoms with Crippen molar-refractivity contribution in [1.82, 2.24) is 10.2 Å². The van der Waals surface area contributed by atoms with Gasteiger partial charge in [-0.3, -0.25) is 4.79 Å². The number of piperidine rings is 1. The van der Waals surface area contributed by atoms with Crippen LogP contribution >= 0.6 is 24.2 Å². The third-order valence-corrected chi connectivity index (χ3v) is 6.57. The Morgan fingerprint density at radius 1 is 1.03 bits per heavy atom. The maximum atomic E-state index is 12.3. The molecular formula is C26H32ClN3O4S. The zero-order valence-corrected chi connectivity index (χ0v) is 21.2. The molecule has 1 amide bonds. The molecule has 4 rings (SSSR count). The summed E-state index contributed by atoms with van der Waals surface area (Å²) in [6.07, 6.45) is 4.86. The first kappa shape index (κ1) is 27.1. The number of aliphatic hydroxyl groups excluding tert-OH is 1. The standard InChI is InChI=1S/C26H31N3O4S.ClH/c30-21(19-33-22-7-3-1-4-8-22)18-27-13-16-32-23-11-9-20(10-12-23)17-24-25(31)28-26(34-24)29-14-5-2-6-15-29;/h1,3-4,7-12,17,21,27,30H,2,5-6,13-16,18-19H2;1H/t21-;/m0./s1. The highest BCUT2D eigenvalue weighted by molar-refractivity contribution is 8.18. The fourth-order valence-corrected chi connectivity index (χ4v) is 4.67. The quantitative estimate of drug-likeness (QED) is 0.364. The fourth-order valence-electron chi connectivity index (χ4n) is 3.71. The lowest BCUT2D eigenvalue weighted by molar-refractivity contribution is -0.113. The molecule has 0 bridgehead atoms. The van der Waals surface area contributed by atoms with E-state index in [9.17, 15) is 9.90 Å². The first-order chi connectivity index (χ1) is 16.7. The summed E-state index contributed by atoms with van der Waals surface area (Å²) < 4.78 is 11.3. The number of amidine groups is 1. The lowest BCUT2D eigenvalue weighted by Gasteiger charge is -2.27. The number of rotatable bonds is 10. The van der Waals surface area contributed by atoms with Crippen LogP contribution in [0.2, 0.25) is 0 Å². The van der Waals surface area contributed by atoms with Gasteiger partial charge in [-0.2, -0.15) is 4.99 Å². The zero-order valence-electron chi connectivity index (χ0n) is 19.6. The molecule has 188 valence electrons. The molecule has 0 saturated carbocycles. The lowest BCUT2D eigenvalue weighted by Crippen LogP contribution is -2.33. The molecule has 1 fully saturated rings. The highest BCUT2D eigenvalue weighted by atomic mass is 35.5. The van der Waals surface area contributed by atoms with Crippen LogP contribution in [-0.2, 0) is 4.79 Å². The van der Waals surface area contributed by atoms with Crippen LogP contribution in [0.25, 0.3) is 6.08 Å². The first-order valence-corrected chi connectivity index (χ1v) is 12.6. The first-order valence-electron chi connectivity index (χ1n) is 11.7. The van der Waals surface area contributed by atoms with E-state index in [4.69, 9.17) is 9.47 Å². The SMILES string of the molecule is Cl.O=C1N=C(N2CCCCC2)SC1=Cc1ccc(OCCNC[C@H](O)COc2ccccc2)cc1. The number of aliphatic hydroxyl groups is 1. The Kier molecular flexibility index (Phi) is 10.9. The number of halogens is 1. The summed E-state index contributed by atoms with van der Waals surface area (Å²) >= 11 is 1.47. The van der Waals surface area contributed by atoms with Crippen LogP contribution in [0.15, 0.2) is 64.5 Å². The molecule has 2 N–H and O–H groups in total. The van der Waals surface area contributed by atoms with Crippen LogP contribution in [0.3, 0.4) is 0 Å². The highest BCUT2D eigenvalue weighted by Crippen LogP contribution is 2.31. The Morgan fingerprint density at radius 3 is 2.49 bits per heavy atom. The number of hydrogen-bond donors (Lipinski definition) is 2. The second-order valence-corrected chi connectivity index (χ2v) is 9.27. The van der Waals surface area contributed by atoms with Crippen molar-refractivity contribution in [3.05, 3.63) is 65.1 Å². The number of likely N-dealkylation sites (tertiary alicyclic amines) is 1. The molecule has 1 saturated heterocycles. The molecule has 2 aliphatic heterocycles. The van der Waals surface area contributed by atoms with Crippen LogP contribution in [0.1, 0.15) is 24.8 Å². The van der Waals surface area contributed by atoms with Crippen molar-refractivity contribution in [1.29, 1.82) is 0 Å². The molecule has 35 heavy (non-hydrogen) atoms. The molecular weight excluding hydrogens is 486 g/mol. The fraction of sp³-hybridized carbons (Fsp3) is 0.385. The predicted molar refractivity (Wildman–Crippen MR) is 143 cm³/mol. The third kappa shape index (κ3) is 8.58. The number of thioether (sulfide) groups is 1. The van der Waals surface area contributed by atoms with Crippen molar-refractivity contribution in [3.8, 4) is 11.5 Å². The topological polar surface area (TPSA) is 83.4 Å². The van der Waals surface area contributed by atoms with E-state index >= 15 is 0 Å². The number of nitrogens with one attached hydrogen (secondary N) is 1. The predicted octanol–water partition coefficient (Wildman–Crippen LogP) is 3.97. The van der Waals surface area contributed by atoms with Crippen molar-refractivity contribution in [3.63, 3.8) is 0 Å². The number of carbonyl (C=O) groups excluding carboxylic acids is 1. The summed E-state index contributed by atoms with van der Waals surface area (Å²) in [6, 6.07) is 17.1. The average molecular weight is 518 g/mol. The van der Waals surface area contributed by atoms with Gasteiger partial charge in [-0.25, -0.2) is 0 Å². The lowest BCUT2D eigenvalue weighted by atomic mass is 10.1. The van der Waals surface area contributed by atoms with E-state index < -0.39 is 6.10 Å². The van der Waals surface area contributed by atoms with Crippen LogP contribution in [0.5, 0.6) is 11.5 Å². The van der Waals surface area contributed by atoms with Crippen molar-refractivity contribution in [2.24, 2.45) is 4.99 Å². The van der Waals surface area contributed by atoms with Crippen LogP contribution in [0, 0.1) is 0 Å². The highest BCUT2D eigenvalue weighted by Gasteiger charge is 2.26. The van der Waals surface area contributed by atoms with E-state index in [1.54, 1.807) is 0 Å². The monoisotopic (exact) mass is 517 g/mol. The maximum absolute atomic E-state index is 12.3. The number of nitrogens with zero attached hydrogens (tertiary/aromatic N) is 2. The molecule has 7 nitrogen and oxygen atoms in total. The Bertz CT molecular complexity index is 995. The summed E-state index contributed by atoms with van der Waals surface area (Å²) in [5, 5.41) is 14.0. The summed E-state index contributed by atoms with van der Waals surface area (Å²) in [6.45, 7) is 3.71. The van der Waals surface area contributed by atoms with E-state index in [0.29, 0.717) is 24.6 Å². The minimum atomic E-state index is -0.594. The van der Waals surface area contributed by atoms with Crippen molar-refractivity contribution < 1.29 is 19.4 Å². The van der Waals surface area contributed by atoms with Gasteiger partial charge in [0.1, 0.15) is 30.8 Å². The Hall–Kier alpha value is -2.52. The molecule has 0 aromatic heterocycles. The van der Waals surface area contributed by atoms with E-state index in [1.807, 2.05) is 60.7 Å². The van der Waals surface area contributed by atoms with Crippen LogP contribution < -0.4 is 14.8 Å². The van der Waals surface area contributed by atoms with Gasteiger partial charge < -0.3 is 24.8 Å². The number of carbonyl (C=O) groups is 1. The zero-order chi connectivity index (χ0) is 23.6. The van der Waals surface area contributed by atoms with Gasteiger partial charge in [0.05, 0.1) is 4.91 Å². The second kappa shape index (κ2) is 14.1. The largest absolute Gasteiger partial charge is 0.492 e. The van der Waals surface area contributed by atoms with E-state index in [1.165, 1.54) is 18.2 Å². The summed E-state index contributed by atoms with van der Waals surface area (Å²) in [7, 11) is 0. The van der Waals surface area contributed by atoms with E-state index in [2.05, 4.69) is 15.2 Å². The maximum Gasteiger partial charge on any atom is 0.286 e. The van der Waals surface area contributed by atoms with Crippen molar-refractivity contribution >= 4 is 41.3 Å². The third-order valence-electron chi connectivity index (χ3n) is 5.53. The van der Waals surface area contributed by atoms with Gasteiger partial charge in [0.2, 0.25) is 0 Å². The number of para-hydroxylation sites is 1. The number of benzene rings is 2. The molecule has 1 atom stereocenters. The normalized spacial score (nSPS) is 17.6. The van der Waals surface area contributed by atoms with Crippen LogP contribution in [-0.4, -0.2) is 66.6 Å². The van der Waals surface area contributed by atoms with Gasteiger partial charge in [0.25, 0.3) is 5.91 Å². The van der Waals surface area contributed by atoms with E-state index in [-0.39, 0.29) is 24.9 Å². The minimum absolute atomic E-state index is 0. The number of hydrogen-bond acceptors (Lipinski definition) is 7. The molecule has 9 heteroatoms. The van der Waals surface area contributed by atoms with Gasteiger partial charge in [0, 0.05) is 26.2 Å². The van der Waals surface area contributed by atoms with Crippen LogP contribution in [0.4, 0.5) is 0 Å². The average Bonchev–Trinajstić information content (AvgIpc) is 3.24.